The molecule has 2 saturated heterocycles. The summed E-state index contributed by atoms with van der Waals surface area (Å²) in [6.07, 6.45) is 1.73. The molecule has 3 aromatic rings. The van der Waals surface area contributed by atoms with Crippen LogP contribution < -0.4 is 21.5 Å². The number of amides is 2. The van der Waals surface area contributed by atoms with Crippen molar-refractivity contribution in [2.45, 2.75) is 18.9 Å². The summed E-state index contributed by atoms with van der Waals surface area (Å²) in [7, 11) is 1.46. The molecule has 2 fully saturated rings. The van der Waals surface area contributed by atoms with Gasteiger partial charge < -0.3 is 31.2 Å². The number of hydrogen-bond acceptors (Lipinski definition) is 7. The molecule has 11 heteroatoms. The third-order valence-electron chi connectivity index (χ3n) is 8.18. The number of carbonyl (C=O) groups is 2. The SMILES string of the molecule is COc1c(C(=O)NCC2CN(CC3CCN(C(=O)c4ccccc4-c4ccc(N)c(Cl)c4)CC3)CCO2)ccc(N)c1Cl. The lowest BCUT2D eigenvalue weighted by atomic mass is 9.94. The fourth-order valence-corrected chi connectivity index (χ4v) is 6.21. The lowest BCUT2D eigenvalue weighted by molar-refractivity contribution is -0.0332. The molecule has 1 atom stereocenters. The molecule has 5 rings (SSSR count). The largest absolute Gasteiger partial charge is 0.494 e. The quantitative estimate of drug-likeness (QED) is 0.307. The van der Waals surface area contributed by atoms with Gasteiger partial charge in [-0.2, -0.15) is 0 Å². The van der Waals surface area contributed by atoms with E-state index in [9.17, 15) is 9.59 Å². The van der Waals surface area contributed by atoms with E-state index in [2.05, 4.69) is 10.2 Å². The second-order valence-corrected chi connectivity index (χ2v) is 11.8. The monoisotopic (exact) mass is 625 g/mol. The summed E-state index contributed by atoms with van der Waals surface area (Å²) in [5.74, 6) is 0.471. The molecule has 0 saturated carbocycles. The average Bonchev–Trinajstić information content (AvgIpc) is 3.02. The zero-order chi connectivity index (χ0) is 30.5. The summed E-state index contributed by atoms with van der Waals surface area (Å²) in [6.45, 7) is 4.86. The van der Waals surface area contributed by atoms with E-state index in [-0.39, 0.29) is 28.7 Å². The van der Waals surface area contributed by atoms with Gasteiger partial charge in [0, 0.05) is 44.8 Å². The van der Waals surface area contributed by atoms with Crippen molar-refractivity contribution in [3.8, 4) is 16.9 Å². The fraction of sp³-hybridized carbons (Fsp3) is 0.375. The zero-order valence-electron chi connectivity index (χ0n) is 24.2. The third kappa shape index (κ3) is 7.18. The van der Waals surface area contributed by atoms with Gasteiger partial charge in [0.1, 0.15) is 5.02 Å². The van der Waals surface area contributed by atoms with E-state index in [1.807, 2.05) is 35.2 Å². The van der Waals surface area contributed by atoms with E-state index in [0.717, 1.165) is 43.6 Å². The first-order valence-electron chi connectivity index (χ1n) is 14.4. The van der Waals surface area contributed by atoms with Crippen molar-refractivity contribution in [3.05, 3.63) is 75.8 Å². The standard InChI is InChI=1S/C32H37Cl2N5O4/c1-42-30-25(7-9-28(36)29(30)34)31(40)37-17-22-19-38(14-15-43-22)18-20-10-12-39(13-11-20)32(41)24-5-3-2-4-23(24)21-6-8-27(35)26(33)16-21/h2-9,16,20,22H,10-15,17-19,35-36H2,1H3,(H,37,40). The minimum Gasteiger partial charge on any atom is -0.494 e. The molecule has 2 heterocycles. The van der Waals surface area contributed by atoms with Crippen LogP contribution in [0.1, 0.15) is 33.6 Å². The number of likely N-dealkylation sites (tertiary alicyclic amines) is 1. The van der Waals surface area contributed by atoms with Crippen molar-refractivity contribution < 1.29 is 19.1 Å². The van der Waals surface area contributed by atoms with Gasteiger partial charge in [-0.1, -0.05) is 47.5 Å². The summed E-state index contributed by atoms with van der Waals surface area (Å²) in [6, 6.07) is 16.3. The minimum absolute atomic E-state index is 0.0307. The number of rotatable bonds is 8. The zero-order valence-corrected chi connectivity index (χ0v) is 25.7. The number of morpholine rings is 1. The number of piperidine rings is 1. The van der Waals surface area contributed by atoms with Crippen LogP contribution >= 0.6 is 23.2 Å². The Morgan fingerprint density at radius 3 is 2.49 bits per heavy atom. The van der Waals surface area contributed by atoms with Crippen LogP contribution in [0.5, 0.6) is 5.75 Å². The molecule has 0 aliphatic carbocycles. The first-order chi connectivity index (χ1) is 20.7. The highest BCUT2D eigenvalue weighted by atomic mass is 35.5. The number of nitrogens with two attached hydrogens (primary N) is 2. The van der Waals surface area contributed by atoms with Crippen LogP contribution in [0, 0.1) is 5.92 Å². The molecular weight excluding hydrogens is 589 g/mol. The van der Waals surface area contributed by atoms with Crippen LogP contribution in [-0.2, 0) is 4.74 Å². The van der Waals surface area contributed by atoms with Gasteiger partial charge in [-0.05, 0) is 60.2 Å². The molecule has 228 valence electrons. The van der Waals surface area contributed by atoms with Crippen LogP contribution in [0.25, 0.3) is 11.1 Å². The van der Waals surface area contributed by atoms with Gasteiger partial charge in [-0.3, -0.25) is 14.5 Å². The summed E-state index contributed by atoms with van der Waals surface area (Å²) in [5.41, 5.74) is 15.3. The molecule has 2 aliphatic rings. The Morgan fingerprint density at radius 2 is 1.74 bits per heavy atom. The summed E-state index contributed by atoms with van der Waals surface area (Å²) in [5, 5.41) is 3.64. The highest BCUT2D eigenvalue weighted by Gasteiger charge is 2.29. The summed E-state index contributed by atoms with van der Waals surface area (Å²) < 4.78 is 11.2. The minimum atomic E-state index is -0.294. The van der Waals surface area contributed by atoms with Gasteiger partial charge in [-0.25, -0.2) is 0 Å². The molecular formula is C32H37Cl2N5O4. The number of nitrogen functional groups attached to an aromatic ring is 2. The lowest BCUT2D eigenvalue weighted by Gasteiger charge is -2.38. The van der Waals surface area contributed by atoms with E-state index in [1.54, 1.807) is 24.3 Å². The van der Waals surface area contributed by atoms with E-state index < -0.39 is 0 Å². The van der Waals surface area contributed by atoms with Crippen molar-refractivity contribution in [2.75, 3.05) is 64.5 Å². The van der Waals surface area contributed by atoms with E-state index in [4.69, 9.17) is 44.1 Å². The third-order valence-corrected chi connectivity index (χ3v) is 8.89. The second kappa shape index (κ2) is 13.9. The number of anilines is 2. The normalized spacial score (nSPS) is 17.9. The number of halogens is 2. The number of methoxy groups -OCH3 is 1. The lowest BCUT2D eigenvalue weighted by Crippen LogP contribution is -2.50. The maximum absolute atomic E-state index is 13.6. The molecule has 9 nitrogen and oxygen atoms in total. The molecule has 0 bridgehead atoms. The number of carbonyl (C=O) groups excluding carboxylic acids is 2. The maximum atomic E-state index is 13.6. The smallest absolute Gasteiger partial charge is 0.255 e. The van der Waals surface area contributed by atoms with Crippen LogP contribution in [0.3, 0.4) is 0 Å². The Kier molecular flexibility index (Phi) is 9.97. The first kappa shape index (κ1) is 30.9. The average molecular weight is 627 g/mol. The fourth-order valence-electron chi connectivity index (χ4n) is 5.79. The molecule has 5 N–H and O–H groups in total. The van der Waals surface area contributed by atoms with Crippen molar-refractivity contribution in [3.63, 3.8) is 0 Å². The van der Waals surface area contributed by atoms with Crippen molar-refractivity contribution in [1.82, 2.24) is 15.1 Å². The first-order valence-corrected chi connectivity index (χ1v) is 15.2. The Labute approximate surface area is 262 Å². The van der Waals surface area contributed by atoms with Crippen LogP contribution in [0.4, 0.5) is 11.4 Å². The van der Waals surface area contributed by atoms with Gasteiger partial charge in [0.05, 0.1) is 41.8 Å². The second-order valence-electron chi connectivity index (χ2n) is 11.0. The number of ether oxygens (including phenoxy) is 2. The Hall–Kier alpha value is -3.50. The predicted octanol–water partition coefficient (Wildman–Crippen LogP) is 4.82. The Bertz CT molecular complexity index is 1480. The highest BCUT2D eigenvalue weighted by molar-refractivity contribution is 6.35. The molecule has 0 radical (unpaired) electrons. The molecule has 1 unspecified atom stereocenters. The van der Waals surface area contributed by atoms with E-state index >= 15 is 0 Å². The maximum Gasteiger partial charge on any atom is 0.255 e. The number of benzene rings is 3. The molecule has 2 aliphatic heterocycles. The molecule has 3 aromatic carbocycles. The summed E-state index contributed by atoms with van der Waals surface area (Å²) in [4.78, 5) is 30.8. The van der Waals surface area contributed by atoms with E-state index in [0.29, 0.717) is 59.7 Å². The van der Waals surface area contributed by atoms with Crippen LogP contribution in [-0.4, -0.2) is 80.7 Å². The van der Waals surface area contributed by atoms with Crippen molar-refractivity contribution in [2.24, 2.45) is 5.92 Å². The topological polar surface area (TPSA) is 123 Å². The van der Waals surface area contributed by atoms with Crippen molar-refractivity contribution >= 4 is 46.4 Å². The molecule has 2 amide bonds. The molecule has 0 aromatic heterocycles. The van der Waals surface area contributed by atoms with Gasteiger partial charge in [0.2, 0.25) is 0 Å². The number of nitrogens with zero attached hydrogens (tertiary/aromatic N) is 2. The predicted molar refractivity (Wildman–Crippen MR) is 171 cm³/mol. The Balaban J connectivity index is 1.12. The van der Waals surface area contributed by atoms with Crippen LogP contribution in [0.2, 0.25) is 10.0 Å². The Morgan fingerprint density at radius 1 is 1.00 bits per heavy atom. The van der Waals surface area contributed by atoms with Crippen LogP contribution in [0.15, 0.2) is 54.6 Å². The van der Waals surface area contributed by atoms with Gasteiger partial charge >= 0.3 is 0 Å². The molecule has 43 heavy (non-hydrogen) atoms. The summed E-state index contributed by atoms with van der Waals surface area (Å²) >= 11 is 12.5. The molecule has 0 spiro atoms. The van der Waals surface area contributed by atoms with Gasteiger partial charge in [-0.15, -0.1) is 0 Å². The van der Waals surface area contributed by atoms with Gasteiger partial charge in [0.25, 0.3) is 11.8 Å². The number of hydrogen-bond donors (Lipinski definition) is 3. The van der Waals surface area contributed by atoms with E-state index in [1.165, 1.54) is 7.11 Å². The highest BCUT2D eigenvalue weighted by Crippen LogP contribution is 2.34. The van der Waals surface area contributed by atoms with Gasteiger partial charge in [0.15, 0.2) is 5.75 Å². The van der Waals surface area contributed by atoms with Crippen molar-refractivity contribution in [1.29, 1.82) is 0 Å². The number of nitrogens with one attached hydrogen (secondary N) is 1.